The van der Waals surface area contributed by atoms with Crippen molar-refractivity contribution in [1.29, 1.82) is 0 Å². The van der Waals surface area contributed by atoms with Crippen LogP contribution in [0.1, 0.15) is 37.3 Å². The minimum absolute atomic E-state index is 0.0472. The van der Waals surface area contributed by atoms with Gasteiger partial charge in [0.15, 0.2) is 0 Å². The number of ether oxygens (including phenoxy) is 1. The lowest BCUT2D eigenvalue weighted by Crippen LogP contribution is -2.36. The molecule has 1 aromatic rings. The van der Waals surface area contributed by atoms with Crippen molar-refractivity contribution < 1.29 is 9.53 Å². The smallest absolute Gasteiger partial charge is 0.220 e. The van der Waals surface area contributed by atoms with E-state index in [0.717, 1.165) is 31.4 Å². The van der Waals surface area contributed by atoms with Crippen LogP contribution in [0.25, 0.3) is 0 Å². The first-order chi connectivity index (χ1) is 9.31. The summed E-state index contributed by atoms with van der Waals surface area (Å²) in [5.74, 6) is 0.0507. The van der Waals surface area contributed by atoms with Gasteiger partial charge >= 0.3 is 0 Å². The lowest BCUT2D eigenvalue weighted by atomic mass is 9.99. The molecule has 1 saturated heterocycles. The molecule has 1 aliphatic rings. The Hall–Kier alpha value is -1.39. The molecule has 3 N–H and O–H groups in total. The first-order valence-electron chi connectivity index (χ1n) is 6.97. The number of rotatable bonds is 6. The summed E-state index contributed by atoms with van der Waals surface area (Å²) in [6.07, 6.45) is 3.35. The zero-order valence-electron chi connectivity index (χ0n) is 11.2. The van der Waals surface area contributed by atoms with E-state index in [4.69, 9.17) is 10.5 Å². The Kier molecular flexibility index (Phi) is 5.36. The molecule has 0 unspecified atom stereocenters. The average molecular weight is 262 g/mol. The van der Waals surface area contributed by atoms with E-state index in [2.05, 4.69) is 5.32 Å². The lowest BCUT2D eigenvalue weighted by Gasteiger charge is -2.24. The number of carbonyl (C=O) groups is 1. The molecule has 0 aliphatic carbocycles. The molecule has 1 fully saturated rings. The van der Waals surface area contributed by atoms with Gasteiger partial charge in [-0.1, -0.05) is 30.3 Å². The highest BCUT2D eigenvalue weighted by atomic mass is 16.5. The summed E-state index contributed by atoms with van der Waals surface area (Å²) in [4.78, 5) is 11.9. The molecule has 2 atom stereocenters. The minimum atomic E-state index is -0.0472. The fourth-order valence-electron chi connectivity index (χ4n) is 2.42. The summed E-state index contributed by atoms with van der Waals surface area (Å²) >= 11 is 0. The Morgan fingerprint density at radius 1 is 1.42 bits per heavy atom. The van der Waals surface area contributed by atoms with Gasteiger partial charge in [-0.05, 0) is 31.4 Å². The van der Waals surface area contributed by atoms with Crippen LogP contribution in [0.4, 0.5) is 0 Å². The second-order valence-corrected chi connectivity index (χ2v) is 4.90. The van der Waals surface area contributed by atoms with Gasteiger partial charge in [-0.25, -0.2) is 0 Å². The van der Waals surface area contributed by atoms with E-state index in [1.807, 2.05) is 30.3 Å². The summed E-state index contributed by atoms with van der Waals surface area (Å²) < 4.78 is 5.74. The molecule has 0 aromatic heterocycles. The summed E-state index contributed by atoms with van der Waals surface area (Å²) in [6.45, 7) is 1.33. The first kappa shape index (κ1) is 14.0. The Morgan fingerprint density at radius 2 is 2.21 bits per heavy atom. The Labute approximate surface area is 114 Å². The van der Waals surface area contributed by atoms with Crippen LogP contribution in [0.15, 0.2) is 30.3 Å². The molecule has 1 amide bonds. The van der Waals surface area contributed by atoms with Gasteiger partial charge in [-0.3, -0.25) is 4.79 Å². The monoisotopic (exact) mass is 262 g/mol. The summed E-state index contributed by atoms with van der Waals surface area (Å²) in [6, 6.07) is 9.98. The lowest BCUT2D eigenvalue weighted by molar-refractivity contribution is -0.122. The molecule has 104 valence electrons. The standard InChI is InChI=1S/C15H22N2O2/c16-10-4-9-14(18)17-15(13-8-5-11-19-13)12-6-2-1-3-7-12/h1-3,6-7,13,15H,4-5,8-11,16H2,(H,17,18)/t13-,15+/m0/s1. The largest absolute Gasteiger partial charge is 0.376 e. The number of benzene rings is 1. The van der Waals surface area contributed by atoms with E-state index < -0.39 is 0 Å². The van der Waals surface area contributed by atoms with E-state index in [9.17, 15) is 4.79 Å². The van der Waals surface area contributed by atoms with Crippen LogP contribution in [0.5, 0.6) is 0 Å². The topological polar surface area (TPSA) is 64.4 Å². The molecular formula is C15H22N2O2. The van der Waals surface area contributed by atoms with E-state index >= 15 is 0 Å². The third-order valence-corrected chi connectivity index (χ3v) is 3.42. The molecule has 0 radical (unpaired) electrons. The molecule has 0 saturated carbocycles. The first-order valence-corrected chi connectivity index (χ1v) is 6.97. The van der Waals surface area contributed by atoms with Crippen molar-refractivity contribution in [2.75, 3.05) is 13.2 Å². The fraction of sp³-hybridized carbons (Fsp3) is 0.533. The van der Waals surface area contributed by atoms with Crippen LogP contribution >= 0.6 is 0 Å². The number of amides is 1. The van der Waals surface area contributed by atoms with Crippen LogP contribution in [-0.4, -0.2) is 25.2 Å². The molecule has 0 bridgehead atoms. The molecule has 4 nitrogen and oxygen atoms in total. The van der Waals surface area contributed by atoms with Crippen LogP contribution in [-0.2, 0) is 9.53 Å². The maximum absolute atomic E-state index is 11.9. The zero-order valence-corrected chi connectivity index (χ0v) is 11.2. The summed E-state index contributed by atoms with van der Waals surface area (Å²) in [7, 11) is 0. The number of nitrogens with one attached hydrogen (secondary N) is 1. The highest BCUT2D eigenvalue weighted by molar-refractivity contribution is 5.76. The summed E-state index contributed by atoms with van der Waals surface area (Å²) in [5, 5.41) is 3.09. The molecule has 1 aromatic carbocycles. The van der Waals surface area contributed by atoms with Crippen LogP contribution in [0.2, 0.25) is 0 Å². The molecule has 19 heavy (non-hydrogen) atoms. The maximum Gasteiger partial charge on any atom is 0.220 e. The SMILES string of the molecule is NCCCC(=O)N[C@H](c1ccccc1)[C@@H]1CCCO1. The van der Waals surface area contributed by atoms with E-state index in [1.165, 1.54) is 0 Å². The third kappa shape index (κ3) is 4.04. The predicted molar refractivity (Wildman–Crippen MR) is 74.6 cm³/mol. The number of carbonyl (C=O) groups excluding carboxylic acids is 1. The van der Waals surface area contributed by atoms with Crippen molar-refractivity contribution in [2.45, 2.75) is 37.8 Å². The van der Waals surface area contributed by atoms with Crippen molar-refractivity contribution in [2.24, 2.45) is 5.73 Å². The van der Waals surface area contributed by atoms with Gasteiger partial charge in [0.25, 0.3) is 0 Å². The van der Waals surface area contributed by atoms with Gasteiger partial charge in [0.2, 0.25) is 5.91 Å². The van der Waals surface area contributed by atoms with Crippen molar-refractivity contribution in [3.63, 3.8) is 0 Å². The van der Waals surface area contributed by atoms with Gasteiger partial charge in [0.05, 0.1) is 12.1 Å². The van der Waals surface area contributed by atoms with E-state index in [0.29, 0.717) is 13.0 Å². The van der Waals surface area contributed by atoms with Crippen molar-refractivity contribution in [1.82, 2.24) is 5.32 Å². The van der Waals surface area contributed by atoms with Crippen LogP contribution < -0.4 is 11.1 Å². The van der Waals surface area contributed by atoms with Gasteiger partial charge in [-0.2, -0.15) is 0 Å². The molecule has 1 heterocycles. The average Bonchev–Trinajstić information content (AvgIpc) is 2.97. The third-order valence-electron chi connectivity index (χ3n) is 3.42. The molecule has 1 aliphatic heterocycles. The Balaban J connectivity index is 2.04. The van der Waals surface area contributed by atoms with E-state index in [1.54, 1.807) is 0 Å². The van der Waals surface area contributed by atoms with Gasteiger partial charge in [-0.15, -0.1) is 0 Å². The molecular weight excluding hydrogens is 240 g/mol. The molecule has 0 spiro atoms. The minimum Gasteiger partial charge on any atom is -0.376 e. The van der Waals surface area contributed by atoms with Crippen LogP contribution in [0.3, 0.4) is 0 Å². The van der Waals surface area contributed by atoms with Gasteiger partial charge in [0.1, 0.15) is 0 Å². The summed E-state index contributed by atoms with van der Waals surface area (Å²) in [5.41, 5.74) is 6.54. The number of hydrogen-bond acceptors (Lipinski definition) is 3. The van der Waals surface area contributed by atoms with E-state index in [-0.39, 0.29) is 18.1 Å². The fourth-order valence-corrected chi connectivity index (χ4v) is 2.42. The Morgan fingerprint density at radius 3 is 2.84 bits per heavy atom. The zero-order chi connectivity index (χ0) is 13.5. The van der Waals surface area contributed by atoms with Crippen LogP contribution in [0, 0.1) is 0 Å². The Bertz CT molecular complexity index is 388. The normalized spacial score (nSPS) is 20.2. The molecule has 2 rings (SSSR count). The van der Waals surface area contributed by atoms with Crippen molar-refractivity contribution >= 4 is 5.91 Å². The van der Waals surface area contributed by atoms with Gasteiger partial charge in [0, 0.05) is 13.0 Å². The highest BCUT2D eigenvalue weighted by Gasteiger charge is 2.28. The number of hydrogen-bond donors (Lipinski definition) is 2. The van der Waals surface area contributed by atoms with Gasteiger partial charge < -0.3 is 15.8 Å². The van der Waals surface area contributed by atoms with Crippen molar-refractivity contribution in [3.8, 4) is 0 Å². The van der Waals surface area contributed by atoms with Crippen molar-refractivity contribution in [3.05, 3.63) is 35.9 Å². The number of nitrogens with two attached hydrogens (primary N) is 1. The quantitative estimate of drug-likeness (QED) is 0.821. The second-order valence-electron chi connectivity index (χ2n) is 4.90. The molecule has 4 heteroatoms. The highest BCUT2D eigenvalue weighted by Crippen LogP contribution is 2.26. The second kappa shape index (κ2) is 7.26. The predicted octanol–water partition coefficient (Wildman–Crippen LogP) is 1.76. The maximum atomic E-state index is 11.9.